The maximum absolute atomic E-state index is 11.6. The van der Waals surface area contributed by atoms with Crippen LogP contribution in [-0.2, 0) is 76.8 Å². The lowest BCUT2D eigenvalue weighted by molar-refractivity contribution is -0.148. The molecule has 0 aliphatic heterocycles. The Labute approximate surface area is 509 Å². The fourth-order valence-corrected chi connectivity index (χ4v) is 6.64. The Morgan fingerprint density at radius 1 is 0.500 bits per heavy atom. The minimum absolute atomic E-state index is 0.136. The van der Waals surface area contributed by atoms with Crippen molar-refractivity contribution in [2.75, 3.05) is 42.7 Å². The average Bonchev–Trinajstić information content (AvgIpc) is 4.55. The summed E-state index contributed by atoms with van der Waals surface area (Å²) in [5.41, 5.74) is 13.6. The second kappa shape index (κ2) is 44.8. The lowest BCUT2D eigenvalue weighted by Gasteiger charge is -2.18. The number of aromatic amines is 3. The third-order valence-corrected chi connectivity index (χ3v) is 11.3. The van der Waals surface area contributed by atoms with Gasteiger partial charge in [-0.1, -0.05) is 54.4 Å². The van der Waals surface area contributed by atoms with Crippen LogP contribution in [0.2, 0.25) is 0 Å². The molecular weight excluding hydrogens is 1100 g/mol. The zero-order valence-electron chi connectivity index (χ0n) is 55.7. The van der Waals surface area contributed by atoms with Gasteiger partial charge in [0.1, 0.15) is 0 Å². The number of methoxy groups -OCH3 is 6. The van der Waals surface area contributed by atoms with Gasteiger partial charge in [0.2, 0.25) is 0 Å². The summed E-state index contributed by atoms with van der Waals surface area (Å²) in [4.78, 5) is 64.3. The number of nitrogens with zero attached hydrogens (tertiary/aromatic N) is 9. The lowest BCUT2D eigenvalue weighted by Crippen LogP contribution is -2.27. The van der Waals surface area contributed by atoms with Crippen LogP contribution in [0.15, 0.2) is 73.4 Å². The third kappa shape index (κ3) is 37.5. The summed E-state index contributed by atoms with van der Waals surface area (Å²) in [5.74, 6) is -1.48. The van der Waals surface area contributed by atoms with E-state index in [0.29, 0.717) is 37.2 Å². The van der Waals surface area contributed by atoms with Crippen LogP contribution >= 0.6 is 0 Å². The first-order valence-corrected chi connectivity index (χ1v) is 27.5. The van der Waals surface area contributed by atoms with E-state index in [0.717, 1.165) is 74.4 Å². The van der Waals surface area contributed by atoms with Gasteiger partial charge in [0.25, 0.3) is 0 Å². The Bertz CT molecular complexity index is 2830. The number of ether oxygens (including phenoxy) is 6. The Balaban J connectivity index is -0.000000921. The first-order valence-electron chi connectivity index (χ1n) is 27.5. The summed E-state index contributed by atoms with van der Waals surface area (Å²) >= 11 is 0. The normalized spacial score (nSPS) is 10.3. The highest BCUT2D eigenvalue weighted by molar-refractivity contribution is 5.88. The number of esters is 6. The average molecular weight is 1210 g/mol. The largest absolute Gasteiger partial charge is 0.469 e. The molecule has 6 aromatic heterocycles. The summed E-state index contributed by atoms with van der Waals surface area (Å²) in [6.07, 6.45) is 1.48. The van der Waals surface area contributed by atoms with Crippen LogP contribution in [0.25, 0.3) is 0 Å². The molecule has 86 heavy (non-hydrogen) atoms. The van der Waals surface area contributed by atoms with E-state index in [9.17, 15) is 28.8 Å². The van der Waals surface area contributed by atoms with Gasteiger partial charge >= 0.3 is 35.8 Å². The van der Waals surface area contributed by atoms with Crippen molar-refractivity contribution in [1.29, 1.82) is 0 Å². The Hall–Kier alpha value is -8.70. The third-order valence-electron chi connectivity index (χ3n) is 11.3. The van der Waals surface area contributed by atoms with Crippen LogP contribution in [0.5, 0.6) is 0 Å². The monoisotopic (exact) mass is 1200 g/mol. The van der Waals surface area contributed by atoms with E-state index in [4.69, 9.17) is 4.74 Å². The molecule has 6 heterocycles. The first-order chi connectivity index (χ1) is 40.1. The molecule has 0 radical (unpaired) electrons. The lowest BCUT2D eigenvalue weighted by atomic mass is 9.96. The van der Waals surface area contributed by atoms with Crippen LogP contribution in [0.3, 0.4) is 0 Å². The van der Waals surface area contributed by atoms with Gasteiger partial charge in [-0.2, -0.15) is 30.6 Å². The van der Waals surface area contributed by atoms with Gasteiger partial charge in [-0.15, -0.1) is 0 Å². The van der Waals surface area contributed by atoms with Gasteiger partial charge in [0, 0.05) is 51.4 Å². The van der Waals surface area contributed by atoms with Crippen molar-refractivity contribution in [3.63, 3.8) is 0 Å². The molecular formula is C62H100N12O12. The van der Waals surface area contributed by atoms with Gasteiger partial charge < -0.3 is 28.4 Å². The smallest absolute Gasteiger partial charge is 0.333 e. The molecule has 480 valence electrons. The predicted molar refractivity (Wildman–Crippen MR) is 332 cm³/mol. The van der Waals surface area contributed by atoms with Crippen molar-refractivity contribution in [2.45, 2.75) is 151 Å². The number of nitrogens with one attached hydrogen (secondary N) is 3. The number of rotatable bonds is 14. The summed E-state index contributed by atoms with van der Waals surface area (Å²) in [6, 6.07) is 12.0. The molecule has 2 unspecified atom stereocenters. The van der Waals surface area contributed by atoms with E-state index in [1.54, 1.807) is 6.92 Å². The van der Waals surface area contributed by atoms with Gasteiger partial charge in [-0.25, -0.2) is 14.4 Å². The van der Waals surface area contributed by atoms with Crippen LogP contribution in [-0.4, -0.2) is 138 Å². The first kappa shape index (κ1) is 81.5. The Morgan fingerprint density at radius 3 is 1.07 bits per heavy atom. The van der Waals surface area contributed by atoms with E-state index in [2.05, 4.69) is 89.3 Å². The van der Waals surface area contributed by atoms with Crippen molar-refractivity contribution in [3.8, 4) is 0 Å². The molecule has 0 saturated heterocycles. The Kier molecular flexibility index (Phi) is 42.4. The minimum Gasteiger partial charge on any atom is -0.469 e. The maximum Gasteiger partial charge on any atom is 0.333 e. The standard InChI is InChI=1S/C12H20N2O2.C10H16N2O2.C9H14N2O2.C7H12O2.3C5H8N2.C5H8O2.C4H6O2/c1-8(2)11(12(15)16-5)7-14-10(4)6-9(3)13-14;1-7(10(13)14-4)6-12-9(3)5-8(2)11-12;1-7-6-8(2)11(10-7)5-4-9(12)13-3;1-5(2)6(3)7(8)9-4;3*1-4-3-5(2)7-6-4;1-4(2)5(6)7-3;1-3-4(5)6-2/h6,8,11H,7H2,1-5H3;5,7H,6H2,1-4H3;6H,4-5H2,1-3H3;5H,3H2,1-2,4H3;3*3H,1-2H3,(H,6,7);1H2,2-3H3;3H,1H2,2H3. The van der Waals surface area contributed by atoms with Crippen LogP contribution in [0.1, 0.15) is 116 Å². The molecule has 6 aromatic rings. The summed E-state index contributed by atoms with van der Waals surface area (Å²) in [5, 5.41) is 33.0. The van der Waals surface area contributed by atoms with Crippen LogP contribution < -0.4 is 0 Å². The quantitative estimate of drug-likeness (QED) is 0.0519. The second-order valence-electron chi connectivity index (χ2n) is 20.2. The molecule has 0 saturated carbocycles. The Morgan fingerprint density at radius 2 is 0.872 bits per heavy atom. The molecule has 0 amide bonds. The highest BCUT2D eigenvalue weighted by Gasteiger charge is 2.24. The molecule has 2 atom stereocenters. The molecule has 24 heteroatoms. The van der Waals surface area contributed by atoms with Gasteiger partial charge in [0.15, 0.2) is 0 Å². The molecule has 0 spiro atoms. The minimum atomic E-state index is -0.394. The van der Waals surface area contributed by atoms with Crippen molar-refractivity contribution in [2.24, 2.45) is 23.7 Å². The zero-order valence-corrected chi connectivity index (χ0v) is 55.7. The molecule has 0 fully saturated rings. The second-order valence-corrected chi connectivity index (χ2v) is 20.2. The molecule has 3 N–H and O–H groups in total. The van der Waals surface area contributed by atoms with Crippen molar-refractivity contribution in [1.82, 2.24) is 59.9 Å². The summed E-state index contributed by atoms with van der Waals surface area (Å²) in [7, 11) is 8.22. The number of carbonyl (C=O) groups excluding carboxylic acids is 6. The number of aromatic nitrogens is 12. The summed E-state index contributed by atoms with van der Waals surface area (Å²) < 4.78 is 32.4. The van der Waals surface area contributed by atoms with E-state index >= 15 is 0 Å². The van der Waals surface area contributed by atoms with E-state index < -0.39 is 5.97 Å². The molecule has 24 nitrogen and oxygen atoms in total. The van der Waals surface area contributed by atoms with E-state index in [-0.39, 0.29) is 53.5 Å². The van der Waals surface area contributed by atoms with Gasteiger partial charge in [-0.05, 0) is 138 Å². The van der Waals surface area contributed by atoms with Crippen LogP contribution in [0.4, 0.5) is 0 Å². The highest BCUT2D eigenvalue weighted by Crippen LogP contribution is 2.17. The molecule has 0 aliphatic rings. The number of hydrogen-bond acceptors (Lipinski definition) is 18. The SMILES string of the molecule is C=C(C(=O)OC)C(C)C.C=C(C)C(=O)OC.C=CC(=O)OC.COC(=O)C(C)Cn1nc(C)cc1C.COC(=O)C(Cn1nc(C)cc1C)C(C)C.COC(=O)CCn1nc(C)cc1C.Cc1cc(C)[nH]n1.Cc1cc(C)[nH]n1.Cc1cc(C)[nH]n1. The predicted octanol–water partition coefficient (Wildman–Crippen LogP) is 9.85. The van der Waals surface area contributed by atoms with Crippen LogP contribution in [0, 0.1) is 107 Å². The number of hydrogen-bond donors (Lipinski definition) is 3. The van der Waals surface area contributed by atoms with Crippen molar-refractivity contribution >= 4 is 35.8 Å². The number of carbonyl (C=O) groups is 6. The van der Waals surface area contributed by atoms with Crippen molar-refractivity contribution < 1.29 is 57.2 Å². The molecule has 0 bridgehead atoms. The molecule has 0 aliphatic carbocycles. The topological polar surface area (TPSA) is 297 Å². The van der Waals surface area contributed by atoms with Crippen molar-refractivity contribution in [3.05, 3.63) is 142 Å². The van der Waals surface area contributed by atoms with Gasteiger partial charge in [-0.3, -0.25) is 43.7 Å². The maximum atomic E-state index is 11.6. The molecule has 0 aromatic carbocycles. The highest BCUT2D eigenvalue weighted by atomic mass is 16.5. The van der Waals surface area contributed by atoms with E-state index in [1.165, 1.54) is 42.7 Å². The fourth-order valence-electron chi connectivity index (χ4n) is 6.64. The summed E-state index contributed by atoms with van der Waals surface area (Å²) in [6.45, 7) is 46.7. The fraction of sp³-hybridized carbons (Fsp3) is 0.516. The number of aryl methyl sites for hydroxylation is 13. The van der Waals surface area contributed by atoms with Gasteiger partial charge in [0.05, 0.1) is 115 Å². The zero-order chi connectivity index (χ0) is 67.0. The van der Waals surface area contributed by atoms with E-state index in [1.807, 2.05) is 168 Å². The molecule has 6 rings (SSSR count). The number of H-pyrrole nitrogens is 3.